The predicted octanol–water partition coefficient (Wildman–Crippen LogP) is 2.45. The molecule has 0 N–H and O–H groups in total. The molecule has 18 heavy (non-hydrogen) atoms. The Morgan fingerprint density at radius 2 is 1.44 bits per heavy atom. The fourth-order valence-electron chi connectivity index (χ4n) is 1.30. The van der Waals surface area contributed by atoms with Crippen molar-refractivity contribution in [3.05, 3.63) is 0 Å². The second-order valence-electron chi connectivity index (χ2n) is 3.17. The molecule has 0 aromatic carbocycles. The molecule has 0 aliphatic carbocycles. The standard InChI is InChI=1S/C8H16Cl4N2O2S.Sn/c1-4-13(5-2)17(15,16)14(6-3)7(9)8(10,11)12;/h7H,4-6H2,1-3H3;. The summed E-state index contributed by atoms with van der Waals surface area (Å²) in [6.07, 6.45) is 0. The van der Waals surface area contributed by atoms with Crippen molar-refractivity contribution in [3.63, 3.8) is 0 Å². The monoisotopic (exact) mass is 464 g/mol. The molecule has 0 saturated carbocycles. The van der Waals surface area contributed by atoms with Crippen LogP contribution in [0.15, 0.2) is 0 Å². The van der Waals surface area contributed by atoms with Crippen molar-refractivity contribution in [2.45, 2.75) is 30.1 Å². The van der Waals surface area contributed by atoms with Gasteiger partial charge in [0.1, 0.15) is 5.50 Å². The molecule has 0 aliphatic rings. The minimum Gasteiger partial charge on any atom is -0.195 e. The van der Waals surface area contributed by atoms with Crippen LogP contribution in [-0.2, 0) is 10.2 Å². The molecule has 1 unspecified atom stereocenters. The zero-order valence-electron chi connectivity index (χ0n) is 10.3. The van der Waals surface area contributed by atoms with Gasteiger partial charge in [0.2, 0.25) is 3.79 Å². The Bertz CT molecular complexity index is 332. The molecule has 4 radical (unpaired) electrons. The van der Waals surface area contributed by atoms with Crippen LogP contribution < -0.4 is 0 Å². The van der Waals surface area contributed by atoms with E-state index in [0.29, 0.717) is 13.1 Å². The second-order valence-corrected chi connectivity index (χ2v) is 7.84. The van der Waals surface area contributed by atoms with Crippen LogP contribution in [0, 0.1) is 0 Å². The van der Waals surface area contributed by atoms with Crippen LogP contribution in [0.4, 0.5) is 0 Å². The first-order valence-corrected chi connectivity index (χ1v) is 8.07. The van der Waals surface area contributed by atoms with Gasteiger partial charge < -0.3 is 0 Å². The Morgan fingerprint density at radius 1 is 1.06 bits per heavy atom. The molecule has 0 aromatic rings. The largest absolute Gasteiger partial charge is 0.283 e. The van der Waals surface area contributed by atoms with Crippen molar-refractivity contribution >= 4 is 80.5 Å². The van der Waals surface area contributed by atoms with E-state index in [-0.39, 0.29) is 30.5 Å². The number of rotatable bonds is 6. The van der Waals surface area contributed by atoms with Crippen LogP contribution in [-0.4, -0.2) is 69.9 Å². The SMILES string of the molecule is CCN(CC)S(=O)(=O)N(CC)C(Cl)C(Cl)(Cl)Cl.[Sn]. The summed E-state index contributed by atoms with van der Waals surface area (Å²) in [7, 11) is -3.71. The average Bonchev–Trinajstić information content (AvgIpc) is 2.18. The molecule has 0 fully saturated rings. The van der Waals surface area contributed by atoms with Gasteiger partial charge in [-0.2, -0.15) is 17.0 Å². The molecular formula is C8H16Cl4N2O2SSn. The van der Waals surface area contributed by atoms with E-state index in [1.807, 2.05) is 0 Å². The molecule has 0 aromatic heterocycles. The van der Waals surface area contributed by atoms with Crippen molar-refractivity contribution < 1.29 is 8.42 Å². The Hall–Kier alpha value is 1.83. The summed E-state index contributed by atoms with van der Waals surface area (Å²) in [6, 6.07) is 0. The Labute approximate surface area is 146 Å². The molecule has 10 heteroatoms. The van der Waals surface area contributed by atoms with E-state index in [9.17, 15) is 8.42 Å². The zero-order valence-corrected chi connectivity index (χ0v) is 17.0. The fourth-order valence-corrected chi connectivity index (χ4v) is 3.94. The van der Waals surface area contributed by atoms with E-state index in [0.717, 1.165) is 4.31 Å². The average molecular weight is 465 g/mol. The van der Waals surface area contributed by atoms with Crippen molar-refractivity contribution in [1.29, 1.82) is 0 Å². The van der Waals surface area contributed by atoms with Gasteiger partial charge in [0.15, 0.2) is 0 Å². The molecule has 0 rings (SSSR count). The summed E-state index contributed by atoms with van der Waals surface area (Å²) < 4.78 is 24.7. The summed E-state index contributed by atoms with van der Waals surface area (Å²) in [5.74, 6) is 0. The molecule has 1 atom stereocenters. The Balaban J connectivity index is 0. The molecule has 0 aliphatic heterocycles. The van der Waals surface area contributed by atoms with Crippen molar-refractivity contribution in [1.82, 2.24) is 8.61 Å². The van der Waals surface area contributed by atoms with Gasteiger partial charge in [-0.1, -0.05) is 67.2 Å². The van der Waals surface area contributed by atoms with Gasteiger partial charge in [-0.3, -0.25) is 0 Å². The van der Waals surface area contributed by atoms with Crippen LogP contribution >= 0.6 is 46.4 Å². The van der Waals surface area contributed by atoms with Crippen molar-refractivity contribution in [2.75, 3.05) is 19.6 Å². The summed E-state index contributed by atoms with van der Waals surface area (Å²) >= 11 is 22.8. The Kier molecular flexibility index (Phi) is 11.0. The third-order valence-electron chi connectivity index (χ3n) is 2.16. The Morgan fingerprint density at radius 3 is 1.67 bits per heavy atom. The van der Waals surface area contributed by atoms with Crippen LogP contribution in [0.5, 0.6) is 0 Å². The minimum absolute atomic E-state index is 0. The topological polar surface area (TPSA) is 40.6 Å². The van der Waals surface area contributed by atoms with Crippen molar-refractivity contribution in [2.24, 2.45) is 0 Å². The van der Waals surface area contributed by atoms with Crippen LogP contribution in [0.1, 0.15) is 20.8 Å². The molecule has 0 bridgehead atoms. The van der Waals surface area contributed by atoms with E-state index < -0.39 is 19.5 Å². The molecule has 0 heterocycles. The van der Waals surface area contributed by atoms with E-state index in [1.54, 1.807) is 20.8 Å². The van der Waals surface area contributed by atoms with E-state index in [1.165, 1.54) is 4.31 Å². The van der Waals surface area contributed by atoms with Crippen molar-refractivity contribution in [3.8, 4) is 0 Å². The third-order valence-corrected chi connectivity index (χ3v) is 6.03. The summed E-state index contributed by atoms with van der Waals surface area (Å²) in [6.45, 7) is 5.88. The van der Waals surface area contributed by atoms with Gasteiger partial charge in [-0.05, 0) is 0 Å². The molecule has 4 nitrogen and oxygen atoms in total. The number of halogens is 4. The molecular weight excluding hydrogens is 449 g/mol. The maximum Gasteiger partial charge on any atom is 0.283 e. The quantitative estimate of drug-likeness (QED) is 0.344. The first-order chi connectivity index (χ1) is 7.62. The van der Waals surface area contributed by atoms with Crippen LogP contribution in [0.3, 0.4) is 0 Å². The number of hydrogen-bond acceptors (Lipinski definition) is 2. The number of nitrogens with zero attached hydrogens (tertiary/aromatic N) is 2. The van der Waals surface area contributed by atoms with Gasteiger partial charge in [0.05, 0.1) is 0 Å². The first kappa shape index (κ1) is 22.1. The van der Waals surface area contributed by atoms with Gasteiger partial charge in [-0.25, -0.2) is 0 Å². The molecule has 0 amide bonds. The second kappa shape index (κ2) is 8.97. The zero-order chi connectivity index (χ0) is 13.9. The summed E-state index contributed by atoms with van der Waals surface area (Å²) in [4.78, 5) is 0. The predicted molar refractivity (Wildman–Crippen MR) is 79.9 cm³/mol. The van der Waals surface area contributed by atoms with Gasteiger partial charge in [0.25, 0.3) is 10.2 Å². The van der Waals surface area contributed by atoms with Gasteiger partial charge in [0, 0.05) is 43.5 Å². The summed E-state index contributed by atoms with van der Waals surface area (Å²) in [5.41, 5.74) is -1.25. The maximum absolute atomic E-state index is 12.2. The first-order valence-electron chi connectivity index (χ1n) is 5.10. The summed E-state index contributed by atoms with van der Waals surface area (Å²) in [5, 5.41) is 0. The fraction of sp³-hybridized carbons (Fsp3) is 1.00. The minimum atomic E-state index is -3.71. The van der Waals surface area contributed by atoms with Crippen LogP contribution in [0.2, 0.25) is 0 Å². The molecule has 108 valence electrons. The van der Waals surface area contributed by atoms with Gasteiger partial charge >= 0.3 is 0 Å². The van der Waals surface area contributed by atoms with E-state index in [4.69, 9.17) is 46.4 Å². The molecule has 0 spiro atoms. The molecule has 0 saturated heterocycles. The van der Waals surface area contributed by atoms with E-state index >= 15 is 0 Å². The smallest absolute Gasteiger partial charge is 0.195 e. The van der Waals surface area contributed by atoms with E-state index in [2.05, 4.69) is 0 Å². The normalized spacial score (nSPS) is 14.7. The number of hydrogen-bond donors (Lipinski definition) is 0. The van der Waals surface area contributed by atoms with Gasteiger partial charge in [-0.15, -0.1) is 0 Å². The van der Waals surface area contributed by atoms with Crippen LogP contribution in [0.25, 0.3) is 0 Å². The third kappa shape index (κ3) is 5.67. The maximum atomic E-state index is 12.2. The number of alkyl halides is 4.